The van der Waals surface area contributed by atoms with Gasteiger partial charge in [0, 0.05) is 24.0 Å². The van der Waals surface area contributed by atoms with E-state index in [0.717, 1.165) is 28.3 Å². The van der Waals surface area contributed by atoms with Gasteiger partial charge >= 0.3 is 0 Å². The third kappa shape index (κ3) is 2.43. The van der Waals surface area contributed by atoms with Gasteiger partial charge in [0.15, 0.2) is 0 Å². The summed E-state index contributed by atoms with van der Waals surface area (Å²) >= 11 is 5.13. The van der Waals surface area contributed by atoms with Gasteiger partial charge in [-0.1, -0.05) is 5.21 Å². The summed E-state index contributed by atoms with van der Waals surface area (Å²) in [6, 6.07) is 0. The molecule has 2 aromatic heterocycles. The van der Waals surface area contributed by atoms with E-state index in [1.165, 1.54) is 4.88 Å². The van der Waals surface area contributed by atoms with Crippen LogP contribution in [0, 0.1) is 6.92 Å². The lowest BCUT2D eigenvalue weighted by molar-refractivity contribution is 0.626. The van der Waals surface area contributed by atoms with E-state index < -0.39 is 0 Å². The van der Waals surface area contributed by atoms with Crippen molar-refractivity contribution in [3.63, 3.8) is 0 Å². The van der Waals surface area contributed by atoms with E-state index in [0.29, 0.717) is 0 Å². The predicted octanol–water partition coefficient (Wildman–Crippen LogP) is 2.42. The molecule has 0 N–H and O–H groups in total. The van der Waals surface area contributed by atoms with Gasteiger partial charge < -0.3 is 0 Å². The van der Waals surface area contributed by atoms with Crippen LogP contribution in [0.25, 0.3) is 0 Å². The van der Waals surface area contributed by atoms with E-state index in [1.54, 1.807) is 11.3 Å². The molecule has 0 fully saturated rings. The molecule has 80 valence electrons. The molecule has 2 heterocycles. The molecule has 0 amide bonds. The number of hydrogen-bond acceptors (Lipinski definition) is 4. The highest BCUT2D eigenvalue weighted by Gasteiger charge is 2.09. The van der Waals surface area contributed by atoms with Crippen molar-refractivity contribution in [1.29, 1.82) is 0 Å². The number of aryl methyl sites for hydroxylation is 2. The Morgan fingerprint density at radius 3 is 2.87 bits per heavy atom. The zero-order chi connectivity index (χ0) is 10.8. The van der Waals surface area contributed by atoms with Crippen molar-refractivity contribution in [3.05, 3.63) is 26.4 Å². The smallest absolute Gasteiger partial charge is 0.120 e. The summed E-state index contributed by atoms with van der Waals surface area (Å²) in [6.07, 6.45) is 2.77. The topological polar surface area (TPSA) is 43.6 Å². The van der Waals surface area contributed by atoms with E-state index in [1.807, 2.05) is 24.7 Å². The fourth-order valence-corrected chi connectivity index (χ4v) is 2.90. The van der Waals surface area contributed by atoms with E-state index in [2.05, 4.69) is 31.2 Å². The molecule has 4 nitrogen and oxygen atoms in total. The summed E-state index contributed by atoms with van der Waals surface area (Å²) in [5.74, 6) is 0. The van der Waals surface area contributed by atoms with Crippen LogP contribution >= 0.6 is 27.3 Å². The van der Waals surface area contributed by atoms with Crippen LogP contribution in [0.4, 0.5) is 0 Å². The Morgan fingerprint density at radius 2 is 2.33 bits per heavy atom. The van der Waals surface area contributed by atoms with Crippen LogP contribution in [0.15, 0.2) is 10.8 Å². The summed E-state index contributed by atoms with van der Waals surface area (Å²) in [4.78, 5) is 5.52. The quantitative estimate of drug-likeness (QED) is 0.870. The molecule has 2 aromatic rings. The Morgan fingerprint density at radius 1 is 1.53 bits per heavy atom. The van der Waals surface area contributed by atoms with Gasteiger partial charge in [0.25, 0.3) is 0 Å². The monoisotopic (exact) mass is 286 g/mol. The minimum atomic E-state index is 0.798. The van der Waals surface area contributed by atoms with Crippen molar-refractivity contribution in [3.8, 4) is 0 Å². The molecular formula is C9H11BrN4S. The lowest BCUT2D eigenvalue weighted by Crippen LogP contribution is -1.93. The van der Waals surface area contributed by atoms with Crippen molar-refractivity contribution in [2.75, 3.05) is 0 Å². The Balaban J connectivity index is 2.17. The maximum Gasteiger partial charge on any atom is 0.120 e. The number of hydrogen-bond donors (Lipinski definition) is 0. The molecule has 6 heteroatoms. The zero-order valence-electron chi connectivity index (χ0n) is 8.57. The first-order chi connectivity index (χ1) is 7.19. The number of aromatic nitrogens is 4. The molecule has 0 atom stereocenters. The molecule has 15 heavy (non-hydrogen) atoms. The molecule has 0 aliphatic rings. The number of nitrogens with zero attached hydrogens (tertiary/aromatic N) is 4. The van der Waals surface area contributed by atoms with E-state index in [9.17, 15) is 0 Å². The molecule has 0 saturated heterocycles. The average molecular weight is 287 g/mol. The standard InChI is InChI=1S/C9H11BrN4S/c1-3-14-5-7(12-13-14)4-8-9(10)11-6(2)15-8/h5H,3-4H2,1-2H3. The molecule has 0 saturated carbocycles. The van der Waals surface area contributed by atoms with Crippen LogP contribution in [0.1, 0.15) is 22.5 Å². The molecule has 0 bridgehead atoms. The zero-order valence-corrected chi connectivity index (χ0v) is 11.0. The lowest BCUT2D eigenvalue weighted by atomic mass is 10.3. The second-order valence-electron chi connectivity index (χ2n) is 3.19. The SMILES string of the molecule is CCn1cc(Cc2sc(C)nc2Br)nn1. The minimum Gasteiger partial charge on any atom is -0.253 e. The average Bonchev–Trinajstić information content (AvgIpc) is 2.75. The normalized spacial score (nSPS) is 10.9. The Labute approximate surface area is 100 Å². The van der Waals surface area contributed by atoms with Crippen LogP contribution < -0.4 is 0 Å². The van der Waals surface area contributed by atoms with Crippen LogP contribution in [0.2, 0.25) is 0 Å². The lowest BCUT2D eigenvalue weighted by Gasteiger charge is -1.91. The molecule has 0 aromatic carbocycles. The van der Waals surface area contributed by atoms with Gasteiger partial charge in [-0.3, -0.25) is 4.68 Å². The van der Waals surface area contributed by atoms with E-state index >= 15 is 0 Å². The van der Waals surface area contributed by atoms with E-state index in [-0.39, 0.29) is 0 Å². The van der Waals surface area contributed by atoms with Crippen molar-refractivity contribution in [1.82, 2.24) is 20.0 Å². The van der Waals surface area contributed by atoms with Crippen LogP contribution in [-0.4, -0.2) is 20.0 Å². The predicted molar refractivity (Wildman–Crippen MR) is 63.1 cm³/mol. The summed E-state index contributed by atoms with van der Waals surface area (Å²) < 4.78 is 2.76. The maximum absolute atomic E-state index is 4.31. The summed E-state index contributed by atoms with van der Waals surface area (Å²) in [6.45, 7) is 4.91. The van der Waals surface area contributed by atoms with Gasteiger partial charge in [-0.25, -0.2) is 4.98 Å². The fraction of sp³-hybridized carbons (Fsp3) is 0.444. The maximum atomic E-state index is 4.31. The third-order valence-electron chi connectivity index (χ3n) is 2.01. The second-order valence-corrected chi connectivity index (χ2v) is 5.23. The summed E-state index contributed by atoms with van der Waals surface area (Å²) in [5.41, 5.74) is 0.987. The van der Waals surface area contributed by atoms with Gasteiger partial charge in [0.2, 0.25) is 0 Å². The Bertz CT molecular complexity index is 462. The molecule has 0 aliphatic carbocycles. The van der Waals surface area contributed by atoms with Crippen molar-refractivity contribution in [2.45, 2.75) is 26.8 Å². The first kappa shape index (κ1) is 10.8. The van der Waals surface area contributed by atoms with Crippen LogP contribution in [0.5, 0.6) is 0 Å². The van der Waals surface area contributed by atoms with Gasteiger partial charge in [-0.2, -0.15) is 0 Å². The van der Waals surface area contributed by atoms with Gasteiger partial charge in [0.1, 0.15) is 4.60 Å². The first-order valence-corrected chi connectivity index (χ1v) is 6.30. The number of halogens is 1. The molecule has 0 radical (unpaired) electrons. The largest absolute Gasteiger partial charge is 0.253 e. The van der Waals surface area contributed by atoms with Crippen molar-refractivity contribution < 1.29 is 0 Å². The fourth-order valence-electron chi connectivity index (χ4n) is 1.29. The minimum absolute atomic E-state index is 0.798. The van der Waals surface area contributed by atoms with Crippen molar-refractivity contribution in [2.24, 2.45) is 0 Å². The van der Waals surface area contributed by atoms with Crippen LogP contribution in [0.3, 0.4) is 0 Å². The molecule has 0 unspecified atom stereocenters. The van der Waals surface area contributed by atoms with Gasteiger partial charge in [-0.15, -0.1) is 16.4 Å². The summed E-state index contributed by atoms with van der Waals surface area (Å²) in [7, 11) is 0. The molecular weight excluding hydrogens is 276 g/mol. The molecule has 0 aliphatic heterocycles. The highest BCUT2D eigenvalue weighted by atomic mass is 79.9. The Kier molecular flexibility index (Phi) is 3.16. The highest BCUT2D eigenvalue weighted by Crippen LogP contribution is 2.24. The Hall–Kier alpha value is -0.750. The van der Waals surface area contributed by atoms with Gasteiger partial charge in [0.05, 0.1) is 10.7 Å². The van der Waals surface area contributed by atoms with Crippen molar-refractivity contribution >= 4 is 27.3 Å². The summed E-state index contributed by atoms with van der Waals surface area (Å²) in [5, 5.41) is 9.18. The van der Waals surface area contributed by atoms with Gasteiger partial charge in [-0.05, 0) is 29.8 Å². The first-order valence-electron chi connectivity index (χ1n) is 4.70. The highest BCUT2D eigenvalue weighted by molar-refractivity contribution is 9.10. The number of rotatable bonds is 3. The molecule has 2 rings (SSSR count). The molecule has 0 spiro atoms. The second kappa shape index (κ2) is 4.40. The number of thiazole rings is 1. The van der Waals surface area contributed by atoms with E-state index in [4.69, 9.17) is 0 Å². The third-order valence-corrected chi connectivity index (χ3v) is 3.90. The van der Waals surface area contributed by atoms with Crippen LogP contribution in [-0.2, 0) is 13.0 Å².